The predicted molar refractivity (Wildman–Crippen MR) is 85.3 cm³/mol. The van der Waals surface area contributed by atoms with Crippen molar-refractivity contribution in [3.05, 3.63) is 33.8 Å². The Morgan fingerprint density at radius 3 is 2.45 bits per heavy atom. The lowest BCUT2D eigenvalue weighted by molar-refractivity contribution is -0.128. The normalized spacial score (nSPS) is 13.1. The number of rotatable bonds is 6. The minimum atomic E-state index is -0.460. The van der Waals surface area contributed by atoms with Crippen LogP contribution in [0.5, 0.6) is 0 Å². The number of benzene rings is 1. The molecule has 3 nitrogen and oxygen atoms in total. The zero-order valence-electron chi connectivity index (χ0n) is 12.4. The van der Waals surface area contributed by atoms with Crippen LogP contribution in [0.2, 0.25) is 10.0 Å². The second-order valence-corrected chi connectivity index (χ2v) is 6.29. The van der Waals surface area contributed by atoms with Gasteiger partial charge in [0, 0.05) is 19.6 Å². The van der Waals surface area contributed by atoms with Crippen molar-refractivity contribution in [2.45, 2.75) is 33.2 Å². The van der Waals surface area contributed by atoms with Crippen LogP contribution in [0.15, 0.2) is 18.2 Å². The fourth-order valence-corrected chi connectivity index (χ4v) is 2.33. The minimum Gasteiger partial charge on any atom is -0.359 e. The Hall–Kier alpha value is -0.770. The van der Waals surface area contributed by atoms with Gasteiger partial charge in [0.1, 0.15) is 0 Å². The molecular weight excluding hydrogens is 295 g/mol. The van der Waals surface area contributed by atoms with E-state index in [9.17, 15) is 4.79 Å². The largest absolute Gasteiger partial charge is 0.359 e. The molecule has 2 N–H and O–H groups in total. The molecule has 0 fully saturated rings. The SMILES string of the molecule is CCC(NCC(C)(C)C(=O)NC)c1ccc(Cl)c(Cl)c1. The first-order valence-electron chi connectivity index (χ1n) is 6.72. The quantitative estimate of drug-likeness (QED) is 0.838. The van der Waals surface area contributed by atoms with Crippen LogP contribution in [-0.2, 0) is 4.79 Å². The maximum absolute atomic E-state index is 11.8. The Balaban J connectivity index is 2.77. The van der Waals surface area contributed by atoms with Crippen LogP contribution in [0.3, 0.4) is 0 Å². The van der Waals surface area contributed by atoms with E-state index >= 15 is 0 Å². The molecule has 0 bridgehead atoms. The van der Waals surface area contributed by atoms with Crippen molar-refractivity contribution in [3.63, 3.8) is 0 Å². The zero-order valence-corrected chi connectivity index (χ0v) is 13.9. The van der Waals surface area contributed by atoms with Gasteiger partial charge in [0.05, 0.1) is 15.5 Å². The molecule has 20 heavy (non-hydrogen) atoms. The molecule has 1 aromatic carbocycles. The first kappa shape index (κ1) is 17.3. The summed E-state index contributed by atoms with van der Waals surface area (Å²) in [5.74, 6) is 0.0222. The van der Waals surface area contributed by atoms with Crippen molar-refractivity contribution in [3.8, 4) is 0 Å². The van der Waals surface area contributed by atoms with Gasteiger partial charge in [0.15, 0.2) is 0 Å². The van der Waals surface area contributed by atoms with E-state index < -0.39 is 5.41 Å². The number of amides is 1. The number of nitrogens with one attached hydrogen (secondary N) is 2. The average molecular weight is 317 g/mol. The zero-order chi connectivity index (χ0) is 15.3. The van der Waals surface area contributed by atoms with Crippen LogP contribution < -0.4 is 10.6 Å². The summed E-state index contributed by atoms with van der Waals surface area (Å²) in [6, 6.07) is 5.78. The molecule has 1 rings (SSSR count). The highest BCUT2D eigenvalue weighted by molar-refractivity contribution is 6.42. The maximum atomic E-state index is 11.8. The highest BCUT2D eigenvalue weighted by Crippen LogP contribution is 2.27. The summed E-state index contributed by atoms with van der Waals surface area (Å²) < 4.78 is 0. The van der Waals surface area contributed by atoms with Crippen LogP contribution in [0.1, 0.15) is 38.8 Å². The summed E-state index contributed by atoms with van der Waals surface area (Å²) in [5, 5.41) is 7.21. The van der Waals surface area contributed by atoms with Gasteiger partial charge in [0.25, 0.3) is 0 Å². The summed E-state index contributed by atoms with van der Waals surface area (Å²) in [6.07, 6.45) is 0.905. The molecule has 0 spiro atoms. The number of carbonyl (C=O) groups is 1. The molecule has 0 aliphatic rings. The van der Waals surface area contributed by atoms with Gasteiger partial charge in [-0.2, -0.15) is 0 Å². The minimum absolute atomic E-state index is 0.0222. The summed E-state index contributed by atoms with van der Waals surface area (Å²) >= 11 is 12.0. The van der Waals surface area contributed by atoms with Crippen LogP contribution in [0.25, 0.3) is 0 Å². The highest BCUT2D eigenvalue weighted by Gasteiger charge is 2.27. The lowest BCUT2D eigenvalue weighted by atomic mass is 9.91. The van der Waals surface area contributed by atoms with Crippen LogP contribution >= 0.6 is 23.2 Å². The van der Waals surface area contributed by atoms with E-state index in [2.05, 4.69) is 17.6 Å². The molecule has 5 heteroatoms. The van der Waals surface area contributed by atoms with Gasteiger partial charge in [-0.1, -0.05) is 36.2 Å². The molecular formula is C15H22Cl2N2O. The Labute approximate surface area is 131 Å². The van der Waals surface area contributed by atoms with E-state index in [1.165, 1.54) is 0 Å². The summed E-state index contributed by atoms with van der Waals surface area (Å²) in [5.41, 5.74) is 0.618. The summed E-state index contributed by atoms with van der Waals surface area (Å²) in [6.45, 7) is 6.51. The smallest absolute Gasteiger partial charge is 0.226 e. The van der Waals surface area contributed by atoms with E-state index in [4.69, 9.17) is 23.2 Å². The highest BCUT2D eigenvalue weighted by atomic mass is 35.5. The molecule has 1 aromatic rings. The van der Waals surface area contributed by atoms with Crippen molar-refractivity contribution >= 4 is 29.1 Å². The van der Waals surface area contributed by atoms with Crippen molar-refractivity contribution in [2.24, 2.45) is 5.41 Å². The Bertz CT molecular complexity index is 475. The molecule has 1 amide bonds. The molecule has 0 radical (unpaired) electrons. The van der Waals surface area contributed by atoms with Crippen LogP contribution in [-0.4, -0.2) is 19.5 Å². The molecule has 0 aliphatic heterocycles. The molecule has 0 aromatic heterocycles. The molecule has 0 aliphatic carbocycles. The standard InChI is InChI=1S/C15H22Cl2N2O/c1-5-13(10-6-7-11(16)12(17)8-10)19-9-15(2,3)14(20)18-4/h6-8,13,19H,5,9H2,1-4H3,(H,18,20). The molecule has 0 heterocycles. The third kappa shape index (κ3) is 4.37. The van der Waals surface area contributed by atoms with Crippen LogP contribution in [0, 0.1) is 5.41 Å². The third-order valence-corrected chi connectivity index (χ3v) is 4.13. The van der Waals surface area contributed by atoms with Crippen molar-refractivity contribution in [2.75, 3.05) is 13.6 Å². The molecule has 1 atom stereocenters. The Morgan fingerprint density at radius 1 is 1.30 bits per heavy atom. The Morgan fingerprint density at radius 2 is 1.95 bits per heavy atom. The number of carbonyl (C=O) groups excluding carboxylic acids is 1. The van der Waals surface area contributed by atoms with Gasteiger partial charge in [-0.05, 0) is 38.0 Å². The summed E-state index contributed by atoms with van der Waals surface area (Å²) in [4.78, 5) is 11.8. The van der Waals surface area contributed by atoms with Crippen LogP contribution in [0.4, 0.5) is 0 Å². The fraction of sp³-hybridized carbons (Fsp3) is 0.533. The first-order chi connectivity index (χ1) is 9.31. The van der Waals surface area contributed by atoms with E-state index in [1.807, 2.05) is 26.0 Å². The van der Waals surface area contributed by atoms with Gasteiger partial charge in [0.2, 0.25) is 5.91 Å². The number of halogens is 2. The second kappa shape index (κ2) is 7.30. The van der Waals surface area contributed by atoms with E-state index in [0.29, 0.717) is 16.6 Å². The summed E-state index contributed by atoms with van der Waals surface area (Å²) in [7, 11) is 1.65. The first-order valence-corrected chi connectivity index (χ1v) is 7.48. The molecule has 112 valence electrons. The van der Waals surface area contributed by atoms with Crippen molar-refractivity contribution in [1.82, 2.24) is 10.6 Å². The lowest BCUT2D eigenvalue weighted by Gasteiger charge is -2.27. The Kier molecular flexibility index (Phi) is 6.31. The van der Waals surface area contributed by atoms with Gasteiger partial charge in [-0.15, -0.1) is 0 Å². The fourth-order valence-electron chi connectivity index (χ4n) is 2.02. The van der Waals surface area contributed by atoms with Crippen molar-refractivity contribution < 1.29 is 4.79 Å². The molecule has 0 saturated heterocycles. The molecule has 0 saturated carbocycles. The van der Waals surface area contributed by atoms with E-state index in [1.54, 1.807) is 13.1 Å². The lowest BCUT2D eigenvalue weighted by Crippen LogP contribution is -2.42. The monoisotopic (exact) mass is 316 g/mol. The topological polar surface area (TPSA) is 41.1 Å². The van der Waals surface area contributed by atoms with Gasteiger partial charge in [-0.25, -0.2) is 0 Å². The number of hydrogen-bond donors (Lipinski definition) is 2. The van der Waals surface area contributed by atoms with Gasteiger partial charge >= 0.3 is 0 Å². The van der Waals surface area contributed by atoms with Crippen molar-refractivity contribution in [1.29, 1.82) is 0 Å². The molecule has 1 unspecified atom stereocenters. The van der Waals surface area contributed by atoms with E-state index in [0.717, 1.165) is 12.0 Å². The number of hydrogen-bond acceptors (Lipinski definition) is 2. The predicted octanol–water partition coefficient (Wildman–Crippen LogP) is 3.81. The average Bonchev–Trinajstić information content (AvgIpc) is 2.42. The third-order valence-electron chi connectivity index (χ3n) is 3.39. The maximum Gasteiger partial charge on any atom is 0.226 e. The van der Waals surface area contributed by atoms with E-state index in [-0.39, 0.29) is 11.9 Å². The van der Waals surface area contributed by atoms with Gasteiger partial charge < -0.3 is 10.6 Å². The second-order valence-electron chi connectivity index (χ2n) is 5.48. The van der Waals surface area contributed by atoms with Gasteiger partial charge in [-0.3, -0.25) is 4.79 Å².